The molecule has 1 saturated heterocycles. The minimum atomic E-state index is 0.0135. The summed E-state index contributed by atoms with van der Waals surface area (Å²) in [6.07, 6.45) is 2.71. The lowest BCUT2D eigenvalue weighted by Gasteiger charge is -2.32. The molecule has 116 valence electrons. The van der Waals surface area contributed by atoms with Gasteiger partial charge in [-0.25, -0.2) is 0 Å². The molecule has 5 heteroatoms. The van der Waals surface area contributed by atoms with Crippen LogP contribution in [0.15, 0.2) is 18.2 Å². The van der Waals surface area contributed by atoms with Gasteiger partial charge in [-0.1, -0.05) is 25.4 Å². The lowest BCUT2D eigenvalue weighted by Crippen LogP contribution is -2.38. The molecule has 0 aliphatic carbocycles. The van der Waals surface area contributed by atoms with E-state index >= 15 is 0 Å². The van der Waals surface area contributed by atoms with Crippen LogP contribution in [0.25, 0.3) is 0 Å². The van der Waals surface area contributed by atoms with Crippen molar-refractivity contribution in [2.45, 2.75) is 39.2 Å². The van der Waals surface area contributed by atoms with E-state index in [1.165, 1.54) is 0 Å². The van der Waals surface area contributed by atoms with Gasteiger partial charge in [-0.3, -0.25) is 4.79 Å². The van der Waals surface area contributed by atoms with Crippen molar-refractivity contribution in [2.75, 3.05) is 30.3 Å². The summed E-state index contributed by atoms with van der Waals surface area (Å²) in [4.78, 5) is 13.9. The van der Waals surface area contributed by atoms with Crippen molar-refractivity contribution in [3.05, 3.63) is 23.2 Å². The third-order valence-corrected chi connectivity index (χ3v) is 4.30. The molecule has 2 N–H and O–H groups in total. The van der Waals surface area contributed by atoms with Crippen LogP contribution >= 0.6 is 11.6 Å². The molecule has 1 aliphatic heterocycles. The van der Waals surface area contributed by atoms with Gasteiger partial charge in [0.15, 0.2) is 0 Å². The molecule has 1 aliphatic rings. The second kappa shape index (κ2) is 7.66. The molecule has 21 heavy (non-hydrogen) atoms. The predicted octanol–water partition coefficient (Wildman–Crippen LogP) is 3.58. The Morgan fingerprint density at radius 3 is 2.67 bits per heavy atom. The standard InChI is InChI=1S/C16H24ClN3O/c1-3-16(21)19-13-5-6-14(17)15(11-13)18-12-7-9-20(4-2)10-8-12/h5-6,11-12,18H,3-4,7-10H2,1-2H3,(H,19,21). The Balaban J connectivity index is 1.99. The van der Waals surface area contributed by atoms with Crippen LogP contribution in [-0.4, -0.2) is 36.5 Å². The van der Waals surface area contributed by atoms with Crippen LogP contribution in [-0.2, 0) is 4.79 Å². The molecule has 0 unspecified atom stereocenters. The monoisotopic (exact) mass is 309 g/mol. The minimum Gasteiger partial charge on any atom is -0.381 e. The fourth-order valence-electron chi connectivity index (χ4n) is 2.58. The number of nitrogens with one attached hydrogen (secondary N) is 2. The first kappa shape index (κ1) is 16.1. The zero-order chi connectivity index (χ0) is 15.2. The Morgan fingerprint density at radius 1 is 1.33 bits per heavy atom. The van der Waals surface area contributed by atoms with Gasteiger partial charge in [-0.15, -0.1) is 0 Å². The summed E-state index contributed by atoms with van der Waals surface area (Å²) in [7, 11) is 0. The van der Waals surface area contributed by atoms with Crippen molar-refractivity contribution < 1.29 is 4.79 Å². The fraction of sp³-hybridized carbons (Fsp3) is 0.562. The van der Waals surface area contributed by atoms with Crippen LogP contribution in [0.4, 0.5) is 11.4 Å². The van der Waals surface area contributed by atoms with Crippen LogP contribution in [0.5, 0.6) is 0 Å². The van der Waals surface area contributed by atoms with E-state index in [-0.39, 0.29) is 5.91 Å². The Kier molecular flexibility index (Phi) is 5.88. The number of hydrogen-bond acceptors (Lipinski definition) is 3. The number of rotatable bonds is 5. The first-order chi connectivity index (χ1) is 10.1. The van der Waals surface area contributed by atoms with Gasteiger partial charge in [0.05, 0.1) is 10.7 Å². The Bertz CT molecular complexity index is 484. The van der Waals surface area contributed by atoms with E-state index in [0.29, 0.717) is 17.5 Å². The minimum absolute atomic E-state index is 0.0135. The number of halogens is 1. The van der Waals surface area contributed by atoms with Crippen LogP contribution < -0.4 is 10.6 Å². The molecular weight excluding hydrogens is 286 g/mol. The fourth-order valence-corrected chi connectivity index (χ4v) is 2.75. The summed E-state index contributed by atoms with van der Waals surface area (Å²) in [6.45, 7) is 7.40. The third-order valence-electron chi connectivity index (χ3n) is 3.97. The second-order valence-electron chi connectivity index (χ2n) is 5.45. The molecule has 0 bridgehead atoms. The molecule has 0 aromatic heterocycles. The number of likely N-dealkylation sites (tertiary alicyclic amines) is 1. The number of piperidine rings is 1. The molecule has 1 aromatic carbocycles. The first-order valence-electron chi connectivity index (χ1n) is 7.70. The molecule has 0 saturated carbocycles. The molecular formula is C16H24ClN3O. The Hall–Kier alpha value is -1.26. The second-order valence-corrected chi connectivity index (χ2v) is 5.86. The van der Waals surface area contributed by atoms with Gasteiger partial charge in [0.1, 0.15) is 0 Å². The van der Waals surface area contributed by atoms with Crippen molar-refractivity contribution in [3.63, 3.8) is 0 Å². The van der Waals surface area contributed by atoms with Crippen LogP contribution in [0.1, 0.15) is 33.1 Å². The highest BCUT2D eigenvalue weighted by molar-refractivity contribution is 6.33. The molecule has 2 rings (SSSR count). The highest BCUT2D eigenvalue weighted by atomic mass is 35.5. The third kappa shape index (κ3) is 4.61. The highest BCUT2D eigenvalue weighted by Crippen LogP contribution is 2.28. The highest BCUT2D eigenvalue weighted by Gasteiger charge is 2.18. The molecule has 1 heterocycles. The van der Waals surface area contributed by atoms with E-state index in [1.54, 1.807) is 0 Å². The lowest BCUT2D eigenvalue weighted by molar-refractivity contribution is -0.115. The molecule has 1 aromatic rings. The summed E-state index contributed by atoms with van der Waals surface area (Å²) >= 11 is 6.26. The number of amides is 1. The zero-order valence-corrected chi connectivity index (χ0v) is 13.5. The van der Waals surface area contributed by atoms with Crippen molar-refractivity contribution in [3.8, 4) is 0 Å². The van der Waals surface area contributed by atoms with E-state index in [1.807, 2.05) is 25.1 Å². The van der Waals surface area contributed by atoms with E-state index < -0.39 is 0 Å². The largest absolute Gasteiger partial charge is 0.381 e. The summed E-state index contributed by atoms with van der Waals surface area (Å²) in [6, 6.07) is 6.03. The van der Waals surface area contributed by atoms with Gasteiger partial charge in [0, 0.05) is 31.2 Å². The van der Waals surface area contributed by atoms with E-state index in [0.717, 1.165) is 43.9 Å². The maximum atomic E-state index is 11.5. The SMILES string of the molecule is CCC(=O)Nc1ccc(Cl)c(NC2CCN(CC)CC2)c1. The maximum absolute atomic E-state index is 11.5. The molecule has 0 radical (unpaired) electrons. The van der Waals surface area contributed by atoms with Crippen molar-refractivity contribution in [2.24, 2.45) is 0 Å². The van der Waals surface area contributed by atoms with Gasteiger partial charge >= 0.3 is 0 Å². The van der Waals surface area contributed by atoms with E-state index in [9.17, 15) is 4.79 Å². The quantitative estimate of drug-likeness (QED) is 0.873. The molecule has 0 atom stereocenters. The molecule has 0 spiro atoms. The van der Waals surface area contributed by atoms with Crippen LogP contribution in [0.3, 0.4) is 0 Å². The molecule has 4 nitrogen and oxygen atoms in total. The van der Waals surface area contributed by atoms with Gasteiger partial charge < -0.3 is 15.5 Å². The van der Waals surface area contributed by atoms with Crippen molar-refractivity contribution >= 4 is 28.9 Å². The average molecular weight is 310 g/mol. The number of carbonyl (C=O) groups excluding carboxylic acids is 1. The Morgan fingerprint density at radius 2 is 2.05 bits per heavy atom. The van der Waals surface area contributed by atoms with E-state index in [2.05, 4.69) is 22.5 Å². The smallest absolute Gasteiger partial charge is 0.224 e. The first-order valence-corrected chi connectivity index (χ1v) is 8.08. The Labute approximate surface area is 131 Å². The van der Waals surface area contributed by atoms with Crippen molar-refractivity contribution in [1.29, 1.82) is 0 Å². The lowest BCUT2D eigenvalue weighted by atomic mass is 10.0. The van der Waals surface area contributed by atoms with Gasteiger partial charge in [-0.2, -0.15) is 0 Å². The molecule has 1 fully saturated rings. The normalized spacial score (nSPS) is 16.7. The maximum Gasteiger partial charge on any atom is 0.224 e. The van der Waals surface area contributed by atoms with Crippen LogP contribution in [0, 0.1) is 0 Å². The summed E-state index contributed by atoms with van der Waals surface area (Å²) in [5.41, 5.74) is 1.69. The number of carbonyl (C=O) groups is 1. The topological polar surface area (TPSA) is 44.4 Å². The number of anilines is 2. The summed E-state index contributed by atoms with van der Waals surface area (Å²) in [5.74, 6) is 0.0135. The summed E-state index contributed by atoms with van der Waals surface area (Å²) < 4.78 is 0. The van der Waals surface area contributed by atoms with Crippen LogP contribution in [0.2, 0.25) is 5.02 Å². The zero-order valence-electron chi connectivity index (χ0n) is 12.8. The van der Waals surface area contributed by atoms with Gasteiger partial charge in [0.25, 0.3) is 0 Å². The van der Waals surface area contributed by atoms with E-state index in [4.69, 9.17) is 11.6 Å². The van der Waals surface area contributed by atoms with Gasteiger partial charge in [-0.05, 0) is 37.6 Å². The van der Waals surface area contributed by atoms with Gasteiger partial charge in [0.2, 0.25) is 5.91 Å². The predicted molar refractivity (Wildman–Crippen MR) is 89.1 cm³/mol. The van der Waals surface area contributed by atoms with Crippen molar-refractivity contribution in [1.82, 2.24) is 4.90 Å². The number of benzene rings is 1. The number of hydrogen-bond donors (Lipinski definition) is 2. The summed E-state index contributed by atoms with van der Waals surface area (Å²) in [5, 5.41) is 7.08. The number of nitrogens with zero attached hydrogens (tertiary/aromatic N) is 1. The molecule has 1 amide bonds. The average Bonchev–Trinajstić information content (AvgIpc) is 2.51.